The average molecular weight is 252 g/mol. The quantitative estimate of drug-likeness (QED) is 0.840. The first kappa shape index (κ1) is 13.5. The van der Waals surface area contributed by atoms with E-state index in [1.807, 2.05) is 10.9 Å². The van der Waals surface area contributed by atoms with Crippen molar-refractivity contribution in [3.05, 3.63) is 11.9 Å². The zero-order valence-electron chi connectivity index (χ0n) is 11.4. The fourth-order valence-corrected chi connectivity index (χ4v) is 2.51. The third-order valence-electron chi connectivity index (χ3n) is 3.47. The molecule has 0 aliphatic carbocycles. The highest BCUT2D eigenvalue weighted by molar-refractivity contribution is 5.05. The second kappa shape index (κ2) is 6.85. The van der Waals surface area contributed by atoms with Crippen LogP contribution in [0.1, 0.15) is 51.3 Å². The van der Waals surface area contributed by atoms with Crippen molar-refractivity contribution in [2.24, 2.45) is 0 Å². The second-order valence-electron chi connectivity index (χ2n) is 4.81. The average Bonchev–Trinajstić information content (AvgIpc) is 2.89. The number of rotatable bonds is 6. The van der Waals surface area contributed by atoms with Crippen LogP contribution >= 0.6 is 0 Å². The maximum atomic E-state index is 5.93. The molecule has 5 heteroatoms. The molecule has 0 spiro atoms. The van der Waals surface area contributed by atoms with E-state index in [9.17, 15) is 0 Å². The Kier molecular flexibility index (Phi) is 5.13. The summed E-state index contributed by atoms with van der Waals surface area (Å²) < 4.78 is 7.89. The Bertz CT molecular complexity index is 347. The van der Waals surface area contributed by atoms with Gasteiger partial charge in [-0.25, -0.2) is 4.68 Å². The van der Waals surface area contributed by atoms with Crippen molar-refractivity contribution in [2.75, 3.05) is 13.2 Å². The first-order valence-electron chi connectivity index (χ1n) is 7.10. The van der Waals surface area contributed by atoms with Crippen LogP contribution in [0.2, 0.25) is 0 Å². The molecule has 1 fully saturated rings. The topological polar surface area (TPSA) is 52.0 Å². The molecule has 0 radical (unpaired) electrons. The zero-order valence-corrected chi connectivity index (χ0v) is 11.4. The van der Waals surface area contributed by atoms with E-state index in [2.05, 4.69) is 29.5 Å². The van der Waals surface area contributed by atoms with Crippen LogP contribution in [0, 0.1) is 0 Å². The van der Waals surface area contributed by atoms with E-state index in [4.69, 9.17) is 4.74 Å². The molecule has 102 valence electrons. The van der Waals surface area contributed by atoms with E-state index < -0.39 is 0 Å². The van der Waals surface area contributed by atoms with E-state index in [-0.39, 0.29) is 12.1 Å². The minimum absolute atomic E-state index is 0.222. The molecule has 2 heterocycles. The predicted octanol–water partition coefficient (Wildman–Crippen LogP) is 1.91. The molecular formula is C13H24N4O. The fourth-order valence-electron chi connectivity index (χ4n) is 2.51. The van der Waals surface area contributed by atoms with Crippen molar-refractivity contribution in [2.45, 2.75) is 58.2 Å². The molecule has 2 rings (SSSR count). The zero-order chi connectivity index (χ0) is 12.8. The molecule has 0 bridgehead atoms. The van der Waals surface area contributed by atoms with E-state index in [1.54, 1.807) is 0 Å². The molecule has 1 aliphatic rings. The van der Waals surface area contributed by atoms with Crippen LogP contribution in [-0.4, -0.2) is 34.2 Å². The molecule has 1 aliphatic heterocycles. The molecule has 0 saturated carbocycles. The lowest BCUT2D eigenvalue weighted by molar-refractivity contribution is -0.00994. The number of nitrogens with one attached hydrogen (secondary N) is 1. The molecule has 0 aromatic carbocycles. The van der Waals surface area contributed by atoms with E-state index in [0.717, 1.165) is 38.2 Å². The SMILES string of the molecule is CCCNC(c1cnnn1CC)C1CCCCO1. The molecule has 1 aromatic heterocycles. The number of hydrogen-bond acceptors (Lipinski definition) is 4. The maximum absolute atomic E-state index is 5.93. The Labute approximate surface area is 109 Å². The molecule has 1 aromatic rings. The number of aromatic nitrogens is 3. The number of hydrogen-bond donors (Lipinski definition) is 1. The van der Waals surface area contributed by atoms with Crippen LogP contribution in [0.3, 0.4) is 0 Å². The summed E-state index contributed by atoms with van der Waals surface area (Å²) in [4.78, 5) is 0. The van der Waals surface area contributed by atoms with Crippen molar-refractivity contribution in [1.29, 1.82) is 0 Å². The van der Waals surface area contributed by atoms with Crippen LogP contribution < -0.4 is 5.32 Å². The van der Waals surface area contributed by atoms with Gasteiger partial charge in [0.05, 0.1) is 24.0 Å². The summed E-state index contributed by atoms with van der Waals surface area (Å²) >= 11 is 0. The van der Waals surface area contributed by atoms with E-state index in [0.29, 0.717) is 0 Å². The van der Waals surface area contributed by atoms with Gasteiger partial charge in [0.2, 0.25) is 0 Å². The summed E-state index contributed by atoms with van der Waals surface area (Å²) in [5, 5.41) is 11.8. The lowest BCUT2D eigenvalue weighted by Gasteiger charge is -2.31. The normalized spacial score (nSPS) is 22.0. The van der Waals surface area contributed by atoms with Crippen LogP contribution in [0.4, 0.5) is 0 Å². The highest BCUT2D eigenvalue weighted by atomic mass is 16.5. The number of ether oxygens (including phenoxy) is 1. The minimum Gasteiger partial charge on any atom is -0.376 e. The molecular weight excluding hydrogens is 228 g/mol. The van der Waals surface area contributed by atoms with Gasteiger partial charge in [-0.15, -0.1) is 5.10 Å². The highest BCUT2D eigenvalue weighted by Crippen LogP contribution is 2.26. The van der Waals surface area contributed by atoms with Gasteiger partial charge in [0.15, 0.2) is 0 Å². The molecule has 2 unspecified atom stereocenters. The lowest BCUT2D eigenvalue weighted by Crippen LogP contribution is -2.37. The fraction of sp³-hybridized carbons (Fsp3) is 0.846. The van der Waals surface area contributed by atoms with Gasteiger partial charge >= 0.3 is 0 Å². The summed E-state index contributed by atoms with van der Waals surface area (Å²) in [6.07, 6.45) is 6.81. The van der Waals surface area contributed by atoms with Crippen molar-refractivity contribution in [3.63, 3.8) is 0 Å². The largest absolute Gasteiger partial charge is 0.376 e. The van der Waals surface area contributed by atoms with Crippen LogP contribution in [0.25, 0.3) is 0 Å². The Balaban J connectivity index is 2.12. The van der Waals surface area contributed by atoms with Crippen molar-refractivity contribution in [1.82, 2.24) is 20.3 Å². The first-order chi connectivity index (χ1) is 8.86. The van der Waals surface area contributed by atoms with Gasteiger partial charge in [0.1, 0.15) is 0 Å². The van der Waals surface area contributed by atoms with Gasteiger partial charge in [0, 0.05) is 13.2 Å². The Hall–Kier alpha value is -0.940. The number of aryl methyl sites for hydroxylation is 1. The van der Waals surface area contributed by atoms with Crippen LogP contribution in [0.15, 0.2) is 6.20 Å². The van der Waals surface area contributed by atoms with Gasteiger partial charge in [-0.1, -0.05) is 12.1 Å². The standard InChI is InChI=1S/C13H24N4O/c1-3-8-14-13(12-7-5-6-9-18-12)11-10-15-16-17(11)4-2/h10,12-14H,3-9H2,1-2H3. The van der Waals surface area contributed by atoms with Gasteiger partial charge in [-0.3, -0.25) is 0 Å². The van der Waals surface area contributed by atoms with Gasteiger partial charge in [-0.2, -0.15) is 0 Å². The molecule has 0 amide bonds. The highest BCUT2D eigenvalue weighted by Gasteiger charge is 2.28. The third-order valence-corrected chi connectivity index (χ3v) is 3.47. The minimum atomic E-state index is 0.222. The molecule has 2 atom stereocenters. The van der Waals surface area contributed by atoms with Crippen molar-refractivity contribution < 1.29 is 4.74 Å². The molecule has 1 N–H and O–H groups in total. The summed E-state index contributed by atoms with van der Waals surface area (Å²) in [7, 11) is 0. The lowest BCUT2D eigenvalue weighted by atomic mass is 9.99. The van der Waals surface area contributed by atoms with Gasteiger partial charge in [-0.05, 0) is 39.2 Å². The smallest absolute Gasteiger partial charge is 0.0785 e. The van der Waals surface area contributed by atoms with Gasteiger partial charge in [0.25, 0.3) is 0 Å². The van der Waals surface area contributed by atoms with Crippen molar-refractivity contribution >= 4 is 0 Å². The predicted molar refractivity (Wildman–Crippen MR) is 70.3 cm³/mol. The first-order valence-corrected chi connectivity index (χ1v) is 7.10. The summed E-state index contributed by atoms with van der Waals surface area (Å²) in [6, 6.07) is 0.222. The summed E-state index contributed by atoms with van der Waals surface area (Å²) in [6.45, 7) is 7.01. The third kappa shape index (κ3) is 3.09. The summed E-state index contributed by atoms with van der Waals surface area (Å²) in [5.74, 6) is 0. The van der Waals surface area contributed by atoms with Crippen LogP contribution in [0.5, 0.6) is 0 Å². The molecule has 5 nitrogen and oxygen atoms in total. The van der Waals surface area contributed by atoms with Crippen molar-refractivity contribution in [3.8, 4) is 0 Å². The number of nitrogens with zero attached hydrogens (tertiary/aromatic N) is 3. The maximum Gasteiger partial charge on any atom is 0.0785 e. The Morgan fingerprint density at radius 3 is 3.06 bits per heavy atom. The van der Waals surface area contributed by atoms with Crippen LogP contribution in [-0.2, 0) is 11.3 Å². The monoisotopic (exact) mass is 252 g/mol. The molecule has 1 saturated heterocycles. The Morgan fingerprint density at radius 1 is 1.50 bits per heavy atom. The second-order valence-corrected chi connectivity index (χ2v) is 4.81. The summed E-state index contributed by atoms with van der Waals surface area (Å²) in [5.41, 5.74) is 1.15. The Morgan fingerprint density at radius 2 is 2.39 bits per heavy atom. The van der Waals surface area contributed by atoms with E-state index in [1.165, 1.54) is 12.8 Å². The van der Waals surface area contributed by atoms with Gasteiger partial charge < -0.3 is 10.1 Å². The van der Waals surface area contributed by atoms with E-state index >= 15 is 0 Å². The molecule has 18 heavy (non-hydrogen) atoms.